The van der Waals surface area contributed by atoms with E-state index in [-0.39, 0.29) is 0 Å². The van der Waals surface area contributed by atoms with E-state index in [1.54, 1.807) is 0 Å². The van der Waals surface area contributed by atoms with Crippen LogP contribution in [0.5, 0.6) is 5.75 Å². The first-order valence-corrected chi connectivity index (χ1v) is 6.14. The Labute approximate surface area is 98.8 Å². The molecule has 0 spiro atoms. The minimum atomic E-state index is 0.695. The molecule has 90 valence electrons. The number of rotatable bonds is 7. The minimum Gasteiger partial charge on any atom is -0.494 e. The molecule has 0 saturated heterocycles. The van der Waals surface area contributed by atoms with Gasteiger partial charge >= 0.3 is 0 Å². The van der Waals surface area contributed by atoms with Crippen LogP contribution in [0, 0.1) is 5.92 Å². The molecule has 2 heteroatoms. The number of nitrogens with two attached hydrogens (primary N) is 1. The first-order chi connectivity index (χ1) is 7.72. The second kappa shape index (κ2) is 7.29. The third-order valence-corrected chi connectivity index (χ3v) is 2.53. The van der Waals surface area contributed by atoms with Gasteiger partial charge in [-0.2, -0.15) is 0 Å². The van der Waals surface area contributed by atoms with Crippen LogP contribution in [-0.4, -0.2) is 13.2 Å². The molecule has 0 amide bonds. The van der Waals surface area contributed by atoms with Crippen LogP contribution in [0.2, 0.25) is 0 Å². The summed E-state index contributed by atoms with van der Waals surface area (Å²) in [5.74, 6) is 1.68. The normalized spacial score (nSPS) is 10.8. The van der Waals surface area contributed by atoms with Crippen molar-refractivity contribution in [2.45, 2.75) is 33.1 Å². The third-order valence-electron chi connectivity index (χ3n) is 2.53. The van der Waals surface area contributed by atoms with E-state index in [0.29, 0.717) is 5.92 Å². The number of benzene rings is 1. The molecule has 0 aliphatic rings. The standard InChI is InChI=1S/C14H23NO/c1-12(2)8-10-16-14-7-3-5-13(11-14)6-4-9-15/h3,5,7,11-12H,4,6,8-10,15H2,1-2H3. The summed E-state index contributed by atoms with van der Waals surface area (Å²) in [7, 11) is 0. The van der Waals surface area contributed by atoms with Gasteiger partial charge in [0.1, 0.15) is 5.75 Å². The van der Waals surface area contributed by atoms with Crippen molar-refractivity contribution in [1.82, 2.24) is 0 Å². The molecule has 0 fully saturated rings. The first-order valence-electron chi connectivity index (χ1n) is 6.14. The van der Waals surface area contributed by atoms with E-state index in [9.17, 15) is 0 Å². The van der Waals surface area contributed by atoms with Gasteiger partial charge in [0.15, 0.2) is 0 Å². The molecule has 0 atom stereocenters. The molecule has 0 heterocycles. The average molecular weight is 221 g/mol. The number of ether oxygens (including phenoxy) is 1. The molecule has 1 aromatic rings. The minimum absolute atomic E-state index is 0.695. The van der Waals surface area contributed by atoms with Crippen LogP contribution in [0.1, 0.15) is 32.3 Å². The molecule has 1 rings (SSSR count). The van der Waals surface area contributed by atoms with Crippen molar-refractivity contribution in [2.75, 3.05) is 13.2 Å². The molecular formula is C14H23NO. The molecule has 0 unspecified atom stereocenters. The van der Waals surface area contributed by atoms with Gasteiger partial charge in [0, 0.05) is 0 Å². The fraction of sp³-hybridized carbons (Fsp3) is 0.571. The second-order valence-electron chi connectivity index (χ2n) is 4.57. The second-order valence-corrected chi connectivity index (χ2v) is 4.57. The van der Waals surface area contributed by atoms with Crippen LogP contribution < -0.4 is 10.5 Å². The molecule has 0 saturated carbocycles. The lowest BCUT2D eigenvalue weighted by atomic mass is 10.1. The van der Waals surface area contributed by atoms with E-state index < -0.39 is 0 Å². The molecule has 0 aliphatic heterocycles. The highest BCUT2D eigenvalue weighted by Crippen LogP contribution is 2.15. The van der Waals surface area contributed by atoms with Gasteiger partial charge < -0.3 is 10.5 Å². The van der Waals surface area contributed by atoms with Gasteiger partial charge in [-0.25, -0.2) is 0 Å². The molecule has 2 nitrogen and oxygen atoms in total. The van der Waals surface area contributed by atoms with E-state index in [2.05, 4.69) is 32.0 Å². The topological polar surface area (TPSA) is 35.2 Å². The van der Waals surface area contributed by atoms with Gasteiger partial charge in [-0.15, -0.1) is 0 Å². The smallest absolute Gasteiger partial charge is 0.119 e. The molecule has 0 aromatic heterocycles. The van der Waals surface area contributed by atoms with Gasteiger partial charge in [-0.3, -0.25) is 0 Å². The Morgan fingerprint density at radius 3 is 2.81 bits per heavy atom. The van der Waals surface area contributed by atoms with Gasteiger partial charge in [0.2, 0.25) is 0 Å². The summed E-state index contributed by atoms with van der Waals surface area (Å²) in [6.07, 6.45) is 3.18. The number of hydrogen-bond acceptors (Lipinski definition) is 2. The summed E-state index contributed by atoms with van der Waals surface area (Å²) in [5, 5.41) is 0. The van der Waals surface area contributed by atoms with Crippen molar-refractivity contribution >= 4 is 0 Å². The fourth-order valence-corrected chi connectivity index (χ4v) is 1.51. The van der Waals surface area contributed by atoms with E-state index in [4.69, 9.17) is 10.5 Å². The number of hydrogen-bond donors (Lipinski definition) is 1. The maximum absolute atomic E-state index is 5.71. The van der Waals surface area contributed by atoms with E-state index in [0.717, 1.165) is 38.2 Å². The summed E-state index contributed by atoms with van der Waals surface area (Å²) in [5.41, 5.74) is 6.81. The number of aryl methyl sites for hydroxylation is 1. The van der Waals surface area contributed by atoms with Crippen molar-refractivity contribution < 1.29 is 4.74 Å². The fourth-order valence-electron chi connectivity index (χ4n) is 1.51. The zero-order chi connectivity index (χ0) is 11.8. The Balaban J connectivity index is 2.40. The maximum atomic E-state index is 5.71. The lowest BCUT2D eigenvalue weighted by molar-refractivity contribution is 0.289. The lowest BCUT2D eigenvalue weighted by Gasteiger charge is -2.09. The Hall–Kier alpha value is -1.02. The third kappa shape index (κ3) is 5.17. The summed E-state index contributed by atoms with van der Waals surface area (Å²) in [6, 6.07) is 8.32. The predicted molar refractivity (Wildman–Crippen MR) is 68.8 cm³/mol. The van der Waals surface area contributed by atoms with Crippen molar-refractivity contribution in [1.29, 1.82) is 0 Å². The van der Waals surface area contributed by atoms with Crippen LogP contribution in [0.25, 0.3) is 0 Å². The van der Waals surface area contributed by atoms with Gasteiger partial charge in [0.25, 0.3) is 0 Å². The van der Waals surface area contributed by atoms with Crippen molar-refractivity contribution in [3.8, 4) is 5.75 Å². The summed E-state index contributed by atoms with van der Waals surface area (Å²) in [6.45, 7) is 5.97. The quantitative estimate of drug-likeness (QED) is 0.768. The van der Waals surface area contributed by atoms with E-state index in [1.807, 2.05) is 6.07 Å². The highest BCUT2D eigenvalue weighted by molar-refractivity contribution is 5.28. The van der Waals surface area contributed by atoms with Crippen molar-refractivity contribution in [2.24, 2.45) is 11.7 Å². The van der Waals surface area contributed by atoms with Gasteiger partial charge in [-0.05, 0) is 49.4 Å². The Morgan fingerprint density at radius 1 is 1.31 bits per heavy atom. The molecule has 0 bridgehead atoms. The zero-order valence-corrected chi connectivity index (χ0v) is 10.4. The molecule has 2 N–H and O–H groups in total. The first kappa shape index (κ1) is 13.0. The summed E-state index contributed by atoms with van der Waals surface area (Å²) < 4.78 is 5.71. The molecule has 0 aliphatic carbocycles. The average Bonchev–Trinajstić information content (AvgIpc) is 2.26. The largest absolute Gasteiger partial charge is 0.494 e. The summed E-state index contributed by atoms with van der Waals surface area (Å²) >= 11 is 0. The lowest BCUT2D eigenvalue weighted by Crippen LogP contribution is -2.02. The molecular weight excluding hydrogens is 198 g/mol. The predicted octanol–water partition coefficient (Wildman–Crippen LogP) is 3.00. The Kier molecular flexibility index (Phi) is 5.94. The monoisotopic (exact) mass is 221 g/mol. The highest BCUT2D eigenvalue weighted by Gasteiger charge is 1.98. The summed E-state index contributed by atoms with van der Waals surface area (Å²) in [4.78, 5) is 0. The van der Waals surface area contributed by atoms with Crippen LogP contribution >= 0.6 is 0 Å². The van der Waals surface area contributed by atoms with Crippen molar-refractivity contribution in [3.63, 3.8) is 0 Å². The van der Waals surface area contributed by atoms with Gasteiger partial charge in [-0.1, -0.05) is 26.0 Å². The van der Waals surface area contributed by atoms with Crippen LogP contribution in [0.15, 0.2) is 24.3 Å². The Morgan fingerprint density at radius 2 is 2.12 bits per heavy atom. The Bertz CT molecular complexity index is 297. The molecule has 1 aromatic carbocycles. The molecule has 16 heavy (non-hydrogen) atoms. The SMILES string of the molecule is CC(C)CCOc1cccc(CCCN)c1. The van der Waals surface area contributed by atoms with Crippen LogP contribution in [0.3, 0.4) is 0 Å². The highest BCUT2D eigenvalue weighted by atomic mass is 16.5. The van der Waals surface area contributed by atoms with E-state index in [1.165, 1.54) is 5.56 Å². The van der Waals surface area contributed by atoms with Crippen LogP contribution in [0.4, 0.5) is 0 Å². The van der Waals surface area contributed by atoms with Crippen LogP contribution in [-0.2, 0) is 6.42 Å². The maximum Gasteiger partial charge on any atom is 0.119 e. The van der Waals surface area contributed by atoms with E-state index >= 15 is 0 Å². The molecule has 0 radical (unpaired) electrons. The van der Waals surface area contributed by atoms with Crippen molar-refractivity contribution in [3.05, 3.63) is 29.8 Å². The zero-order valence-electron chi connectivity index (χ0n) is 10.4. The van der Waals surface area contributed by atoms with Gasteiger partial charge in [0.05, 0.1) is 6.61 Å².